The van der Waals surface area contributed by atoms with Gasteiger partial charge in [0.2, 0.25) is 0 Å². The third-order valence-corrected chi connectivity index (χ3v) is 3.89. The third-order valence-electron chi connectivity index (χ3n) is 3.89. The fourth-order valence-electron chi connectivity index (χ4n) is 2.86. The van der Waals surface area contributed by atoms with Crippen LogP contribution in [-0.2, 0) is 11.2 Å². The number of anilines is 1. The number of rotatable bonds is 5. The second-order valence-corrected chi connectivity index (χ2v) is 5.32. The van der Waals surface area contributed by atoms with Crippen LogP contribution in [-0.4, -0.2) is 32.3 Å². The third kappa shape index (κ3) is 3.71. The lowest BCUT2D eigenvalue weighted by atomic mass is 10.0. The summed E-state index contributed by atoms with van der Waals surface area (Å²) in [6.45, 7) is 7.94. The van der Waals surface area contributed by atoms with Crippen LogP contribution in [0.1, 0.15) is 30.9 Å². The molecule has 3 heteroatoms. The number of piperidine rings is 1. The van der Waals surface area contributed by atoms with Crippen molar-refractivity contribution in [3.8, 4) is 0 Å². The molecular weight excluding hydrogens is 236 g/mol. The van der Waals surface area contributed by atoms with E-state index in [9.17, 15) is 0 Å². The lowest BCUT2D eigenvalue weighted by molar-refractivity contribution is 0.0527. The summed E-state index contributed by atoms with van der Waals surface area (Å²) in [7, 11) is 0. The van der Waals surface area contributed by atoms with Crippen molar-refractivity contribution in [2.24, 2.45) is 5.73 Å². The Morgan fingerprint density at radius 2 is 2.26 bits per heavy atom. The van der Waals surface area contributed by atoms with E-state index in [2.05, 4.69) is 36.9 Å². The van der Waals surface area contributed by atoms with Crippen molar-refractivity contribution >= 4 is 5.69 Å². The fourth-order valence-corrected chi connectivity index (χ4v) is 2.86. The van der Waals surface area contributed by atoms with Crippen molar-refractivity contribution in [3.05, 3.63) is 29.3 Å². The molecule has 106 valence electrons. The molecule has 2 rings (SSSR count). The first-order valence-electron chi connectivity index (χ1n) is 7.40. The molecule has 1 heterocycles. The molecule has 19 heavy (non-hydrogen) atoms. The summed E-state index contributed by atoms with van der Waals surface area (Å²) >= 11 is 0. The largest absolute Gasteiger partial charge is 0.377 e. The van der Waals surface area contributed by atoms with E-state index < -0.39 is 0 Å². The van der Waals surface area contributed by atoms with E-state index in [1.807, 2.05) is 0 Å². The van der Waals surface area contributed by atoms with Crippen LogP contribution in [0.2, 0.25) is 0 Å². The Balaban J connectivity index is 2.06. The average Bonchev–Trinajstić information content (AvgIpc) is 2.42. The van der Waals surface area contributed by atoms with Gasteiger partial charge in [-0.05, 0) is 62.9 Å². The first kappa shape index (κ1) is 14.4. The minimum absolute atomic E-state index is 0.391. The van der Waals surface area contributed by atoms with E-state index in [0.717, 1.165) is 32.7 Å². The van der Waals surface area contributed by atoms with Gasteiger partial charge < -0.3 is 15.4 Å². The van der Waals surface area contributed by atoms with E-state index in [1.165, 1.54) is 29.7 Å². The van der Waals surface area contributed by atoms with Gasteiger partial charge in [0.05, 0.1) is 6.10 Å². The number of benzene rings is 1. The van der Waals surface area contributed by atoms with Crippen molar-refractivity contribution in [3.63, 3.8) is 0 Å². The Morgan fingerprint density at radius 3 is 2.95 bits per heavy atom. The number of ether oxygens (including phenoxy) is 1. The van der Waals surface area contributed by atoms with Crippen LogP contribution < -0.4 is 10.6 Å². The molecule has 0 radical (unpaired) electrons. The number of hydrogen-bond acceptors (Lipinski definition) is 3. The number of hydrogen-bond donors (Lipinski definition) is 1. The van der Waals surface area contributed by atoms with Crippen molar-refractivity contribution in [1.82, 2.24) is 0 Å². The van der Waals surface area contributed by atoms with Crippen LogP contribution in [0.4, 0.5) is 5.69 Å². The molecule has 1 fully saturated rings. The fraction of sp³-hybridized carbons (Fsp3) is 0.625. The molecule has 0 aliphatic carbocycles. The number of nitrogens with zero attached hydrogens (tertiary/aromatic N) is 1. The van der Waals surface area contributed by atoms with E-state index in [-0.39, 0.29) is 0 Å². The molecular formula is C16H26N2O. The maximum Gasteiger partial charge on any atom is 0.0750 e. The summed E-state index contributed by atoms with van der Waals surface area (Å²) in [5.41, 5.74) is 9.67. The van der Waals surface area contributed by atoms with Crippen molar-refractivity contribution < 1.29 is 4.74 Å². The molecule has 1 aromatic rings. The molecule has 1 aliphatic rings. The first-order chi connectivity index (χ1) is 9.24. The Kier molecular flexibility index (Phi) is 5.23. The first-order valence-corrected chi connectivity index (χ1v) is 7.40. The molecule has 0 bridgehead atoms. The highest BCUT2D eigenvalue weighted by Gasteiger charge is 2.20. The lowest BCUT2D eigenvalue weighted by Crippen LogP contribution is -2.39. The smallest absolute Gasteiger partial charge is 0.0750 e. The molecule has 0 aromatic heterocycles. The molecule has 2 N–H and O–H groups in total. The zero-order valence-electron chi connectivity index (χ0n) is 12.2. The van der Waals surface area contributed by atoms with Crippen molar-refractivity contribution in [1.29, 1.82) is 0 Å². The molecule has 1 saturated heterocycles. The van der Waals surface area contributed by atoms with Crippen LogP contribution >= 0.6 is 0 Å². The molecule has 1 aliphatic heterocycles. The predicted molar refractivity (Wildman–Crippen MR) is 80.8 cm³/mol. The van der Waals surface area contributed by atoms with E-state index in [1.54, 1.807) is 0 Å². The van der Waals surface area contributed by atoms with E-state index in [0.29, 0.717) is 6.10 Å². The predicted octanol–water partition coefficient (Wildman–Crippen LogP) is 2.50. The summed E-state index contributed by atoms with van der Waals surface area (Å²) in [5, 5.41) is 0. The molecule has 3 nitrogen and oxygen atoms in total. The zero-order valence-corrected chi connectivity index (χ0v) is 12.2. The maximum absolute atomic E-state index is 5.77. The Morgan fingerprint density at radius 1 is 1.42 bits per heavy atom. The van der Waals surface area contributed by atoms with Crippen LogP contribution in [0.5, 0.6) is 0 Å². The summed E-state index contributed by atoms with van der Waals surface area (Å²) in [4.78, 5) is 2.45. The maximum atomic E-state index is 5.77. The summed E-state index contributed by atoms with van der Waals surface area (Å²) in [5.74, 6) is 0. The Bertz CT molecular complexity index is 404. The monoisotopic (exact) mass is 262 g/mol. The van der Waals surface area contributed by atoms with Crippen molar-refractivity contribution in [2.45, 2.75) is 39.2 Å². The summed E-state index contributed by atoms with van der Waals surface area (Å²) in [6.07, 6.45) is 3.76. The van der Waals surface area contributed by atoms with Gasteiger partial charge in [0.1, 0.15) is 0 Å². The highest BCUT2D eigenvalue weighted by atomic mass is 16.5. The second-order valence-electron chi connectivity index (χ2n) is 5.32. The van der Waals surface area contributed by atoms with Gasteiger partial charge in [-0.3, -0.25) is 0 Å². The van der Waals surface area contributed by atoms with Crippen LogP contribution in [0.25, 0.3) is 0 Å². The Hall–Kier alpha value is -1.06. The molecule has 0 amide bonds. The van der Waals surface area contributed by atoms with Gasteiger partial charge in [-0.15, -0.1) is 0 Å². The summed E-state index contributed by atoms with van der Waals surface area (Å²) in [6, 6.07) is 6.74. The van der Waals surface area contributed by atoms with Gasteiger partial charge in [-0.1, -0.05) is 6.07 Å². The molecule has 1 atom stereocenters. The van der Waals surface area contributed by atoms with Gasteiger partial charge in [-0.2, -0.15) is 0 Å². The molecule has 0 saturated carbocycles. The van der Waals surface area contributed by atoms with Gasteiger partial charge in [0.15, 0.2) is 0 Å². The van der Waals surface area contributed by atoms with Gasteiger partial charge >= 0.3 is 0 Å². The SMILES string of the molecule is CCOC1CCCN(c2ccc(CCN)c(C)c2)C1. The van der Waals surface area contributed by atoms with Gasteiger partial charge in [-0.25, -0.2) is 0 Å². The molecule has 1 aromatic carbocycles. The van der Waals surface area contributed by atoms with E-state index >= 15 is 0 Å². The normalized spacial score (nSPS) is 19.7. The second kappa shape index (κ2) is 6.92. The lowest BCUT2D eigenvalue weighted by Gasteiger charge is -2.34. The highest BCUT2D eigenvalue weighted by molar-refractivity contribution is 5.51. The van der Waals surface area contributed by atoms with Crippen molar-refractivity contribution in [2.75, 3.05) is 31.1 Å². The minimum Gasteiger partial charge on any atom is -0.377 e. The number of nitrogens with two attached hydrogens (primary N) is 1. The van der Waals surface area contributed by atoms with E-state index in [4.69, 9.17) is 10.5 Å². The molecule has 0 spiro atoms. The van der Waals surface area contributed by atoms with Crippen LogP contribution in [0.15, 0.2) is 18.2 Å². The number of aryl methyl sites for hydroxylation is 1. The highest BCUT2D eigenvalue weighted by Crippen LogP contribution is 2.24. The Labute approximate surface area is 116 Å². The molecule has 1 unspecified atom stereocenters. The summed E-state index contributed by atoms with van der Waals surface area (Å²) < 4.78 is 5.77. The van der Waals surface area contributed by atoms with Gasteiger partial charge in [0, 0.05) is 25.4 Å². The average molecular weight is 262 g/mol. The van der Waals surface area contributed by atoms with Crippen LogP contribution in [0.3, 0.4) is 0 Å². The van der Waals surface area contributed by atoms with Gasteiger partial charge in [0.25, 0.3) is 0 Å². The standard InChI is InChI=1S/C16H26N2O/c1-3-19-16-5-4-10-18(12-16)15-7-6-14(8-9-17)13(2)11-15/h6-7,11,16H,3-5,8-10,12,17H2,1-2H3. The minimum atomic E-state index is 0.391. The van der Waals surface area contributed by atoms with Crippen LogP contribution in [0, 0.1) is 6.92 Å². The topological polar surface area (TPSA) is 38.5 Å². The quantitative estimate of drug-likeness (QED) is 0.886. The zero-order chi connectivity index (χ0) is 13.7.